The molecule has 1 heterocycles. The first-order valence-electron chi connectivity index (χ1n) is 4.59. The fraction of sp³-hybridized carbons (Fsp3) is 0.0909. The smallest absolute Gasteiger partial charge is 0.254 e. The van der Waals surface area contributed by atoms with Crippen molar-refractivity contribution in [3.8, 4) is 11.3 Å². The lowest BCUT2D eigenvalue weighted by molar-refractivity contribution is 0.628. The second-order valence-corrected chi connectivity index (χ2v) is 3.74. The number of aromatic nitrogens is 2. The second-order valence-electron chi connectivity index (χ2n) is 3.33. The van der Waals surface area contributed by atoms with Crippen LogP contribution in [0.2, 0.25) is 5.02 Å². The maximum absolute atomic E-state index is 13.0. The zero-order chi connectivity index (χ0) is 11.7. The standard InChI is InChI=1S/C11H8ClFN2O/c1-6-10(14-5-15-11(6)16)7-2-3-9(13)8(12)4-7/h2-5H,1H3,(H,14,15,16). The molecule has 82 valence electrons. The summed E-state index contributed by atoms with van der Waals surface area (Å²) >= 11 is 5.67. The molecular formula is C11H8ClFN2O. The largest absolute Gasteiger partial charge is 0.313 e. The third-order valence-electron chi connectivity index (χ3n) is 2.28. The number of nitrogens with one attached hydrogen (secondary N) is 1. The Balaban J connectivity index is 2.63. The minimum atomic E-state index is -0.493. The highest BCUT2D eigenvalue weighted by Crippen LogP contribution is 2.23. The van der Waals surface area contributed by atoms with Crippen LogP contribution in [0.15, 0.2) is 29.3 Å². The van der Waals surface area contributed by atoms with Gasteiger partial charge < -0.3 is 4.98 Å². The van der Waals surface area contributed by atoms with Crippen LogP contribution in [0.1, 0.15) is 5.56 Å². The van der Waals surface area contributed by atoms with Gasteiger partial charge in [-0.15, -0.1) is 0 Å². The average Bonchev–Trinajstić information content (AvgIpc) is 2.26. The first-order valence-corrected chi connectivity index (χ1v) is 4.97. The molecule has 0 aliphatic carbocycles. The maximum Gasteiger partial charge on any atom is 0.254 e. The molecule has 3 nitrogen and oxygen atoms in total. The molecule has 0 atom stereocenters. The van der Waals surface area contributed by atoms with Crippen LogP contribution in [0.5, 0.6) is 0 Å². The Kier molecular flexibility index (Phi) is 2.75. The lowest BCUT2D eigenvalue weighted by Crippen LogP contribution is -2.11. The number of rotatable bonds is 1. The molecule has 2 rings (SSSR count). The number of hydrogen-bond acceptors (Lipinski definition) is 2. The molecule has 1 N–H and O–H groups in total. The second kappa shape index (κ2) is 4.06. The normalized spacial score (nSPS) is 10.4. The molecule has 5 heteroatoms. The van der Waals surface area contributed by atoms with Crippen LogP contribution in [0.25, 0.3) is 11.3 Å². The Bertz CT molecular complexity index is 595. The molecule has 0 unspecified atom stereocenters. The summed E-state index contributed by atoms with van der Waals surface area (Å²) < 4.78 is 13.0. The van der Waals surface area contributed by atoms with Crippen molar-refractivity contribution in [2.75, 3.05) is 0 Å². The first-order chi connectivity index (χ1) is 7.59. The van der Waals surface area contributed by atoms with Crippen LogP contribution in [0, 0.1) is 12.7 Å². The van der Waals surface area contributed by atoms with Crippen LogP contribution in [-0.2, 0) is 0 Å². The van der Waals surface area contributed by atoms with Gasteiger partial charge in [0.1, 0.15) is 5.82 Å². The molecule has 0 saturated heterocycles. The SMILES string of the molecule is Cc1c(-c2ccc(F)c(Cl)c2)nc[nH]c1=O. The highest BCUT2D eigenvalue weighted by molar-refractivity contribution is 6.31. The molecule has 1 aromatic heterocycles. The summed E-state index contributed by atoms with van der Waals surface area (Å²) in [5.74, 6) is -0.493. The summed E-state index contributed by atoms with van der Waals surface area (Å²) in [6, 6.07) is 4.24. The lowest BCUT2D eigenvalue weighted by Gasteiger charge is -2.04. The van der Waals surface area contributed by atoms with Gasteiger partial charge in [0, 0.05) is 11.1 Å². The predicted molar refractivity (Wildman–Crippen MR) is 60.0 cm³/mol. The van der Waals surface area contributed by atoms with E-state index in [1.54, 1.807) is 6.92 Å². The van der Waals surface area contributed by atoms with Gasteiger partial charge >= 0.3 is 0 Å². The monoisotopic (exact) mass is 238 g/mol. The van der Waals surface area contributed by atoms with Crippen molar-refractivity contribution in [2.24, 2.45) is 0 Å². The molecule has 0 amide bonds. The van der Waals surface area contributed by atoms with Gasteiger partial charge in [-0.05, 0) is 25.1 Å². The zero-order valence-corrected chi connectivity index (χ0v) is 9.18. The van der Waals surface area contributed by atoms with E-state index in [0.29, 0.717) is 16.8 Å². The Hall–Kier alpha value is -1.68. The Morgan fingerprint density at radius 2 is 2.19 bits per heavy atom. The van der Waals surface area contributed by atoms with Crippen LogP contribution >= 0.6 is 11.6 Å². The van der Waals surface area contributed by atoms with Crippen molar-refractivity contribution in [3.05, 3.63) is 51.3 Å². The summed E-state index contributed by atoms with van der Waals surface area (Å²) in [4.78, 5) is 17.9. The topological polar surface area (TPSA) is 45.8 Å². The van der Waals surface area contributed by atoms with Gasteiger partial charge in [0.2, 0.25) is 0 Å². The van der Waals surface area contributed by atoms with Crippen LogP contribution in [0.4, 0.5) is 4.39 Å². The highest BCUT2D eigenvalue weighted by Gasteiger charge is 2.08. The van der Waals surface area contributed by atoms with Crippen molar-refractivity contribution in [3.63, 3.8) is 0 Å². The van der Waals surface area contributed by atoms with Gasteiger partial charge in [0.25, 0.3) is 5.56 Å². The Morgan fingerprint density at radius 1 is 1.44 bits per heavy atom. The predicted octanol–water partition coefficient (Wildman–Crippen LogP) is 2.54. The molecule has 0 fully saturated rings. The van der Waals surface area contributed by atoms with E-state index in [4.69, 9.17) is 11.6 Å². The quantitative estimate of drug-likeness (QED) is 0.830. The van der Waals surface area contributed by atoms with Gasteiger partial charge in [-0.25, -0.2) is 9.37 Å². The summed E-state index contributed by atoms with van der Waals surface area (Å²) in [7, 11) is 0. The van der Waals surface area contributed by atoms with E-state index in [-0.39, 0.29) is 10.6 Å². The van der Waals surface area contributed by atoms with Crippen molar-refractivity contribution in [2.45, 2.75) is 6.92 Å². The fourth-order valence-corrected chi connectivity index (χ4v) is 1.58. The van der Waals surface area contributed by atoms with E-state index in [0.717, 1.165) is 0 Å². The Morgan fingerprint density at radius 3 is 2.88 bits per heavy atom. The summed E-state index contributed by atoms with van der Waals surface area (Å²) in [5.41, 5.74) is 1.39. The zero-order valence-electron chi connectivity index (χ0n) is 8.42. The number of halogens is 2. The van der Waals surface area contributed by atoms with E-state index in [2.05, 4.69) is 9.97 Å². The van der Waals surface area contributed by atoms with Crippen molar-refractivity contribution < 1.29 is 4.39 Å². The maximum atomic E-state index is 13.0. The molecule has 0 saturated carbocycles. The van der Waals surface area contributed by atoms with E-state index < -0.39 is 5.82 Å². The highest BCUT2D eigenvalue weighted by atomic mass is 35.5. The van der Waals surface area contributed by atoms with Crippen LogP contribution in [-0.4, -0.2) is 9.97 Å². The molecule has 2 aromatic rings. The van der Waals surface area contributed by atoms with E-state index in [9.17, 15) is 9.18 Å². The summed E-state index contributed by atoms with van der Waals surface area (Å²) in [6.45, 7) is 1.65. The molecule has 0 aliphatic rings. The fourth-order valence-electron chi connectivity index (χ4n) is 1.40. The molecule has 1 aromatic carbocycles. The summed E-state index contributed by atoms with van der Waals surface area (Å²) in [6.07, 6.45) is 1.31. The van der Waals surface area contributed by atoms with Crippen molar-refractivity contribution in [1.82, 2.24) is 9.97 Å². The van der Waals surface area contributed by atoms with Crippen LogP contribution < -0.4 is 5.56 Å². The number of H-pyrrole nitrogens is 1. The number of hydrogen-bond donors (Lipinski definition) is 1. The van der Waals surface area contributed by atoms with E-state index >= 15 is 0 Å². The minimum absolute atomic E-state index is 0.0129. The lowest BCUT2D eigenvalue weighted by atomic mass is 10.1. The van der Waals surface area contributed by atoms with Gasteiger partial charge in [-0.3, -0.25) is 4.79 Å². The minimum Gasteiger partial charge on any atom is -0.313 e. The number of nitrogens with zero attached hydrogens (tertiary/aromatic N) is 1. The van der Waals surface area contributed by atoms with Crippen LogP contribution in [0.3, 0.4) is 0 Å². The average molecular weight is 239 g/mol. The first kappa shape index (κ1) is 10.8. The summed E-state index contributed by atoms with van der Waals surface area (Å²) in [5, 5.41) is 0.0129. The van der Waals surface area contributed by atoms with Gasteiger partial charge in [0.05, 0.1) is 17.0 Å². The molecule has 0 bridgehead atoms. The molecule has 0 radical (unpaired) electrons. The van der Waals surface area contributed by atoms with Crippen molar-refractivity contribution in [1.29, 1.82) is 0 Å². The third kappa shape index (κ3) is 1.84. The number of benzene rings is 1. The molecular weight excluding hydrogens is 231 g/mol. The van der Waals surface area contributed by atoms with E-state index in [1.165, 1.54) is 24.5 Å². The van der Waals surface area contributed by atoms with Gasteiger partial charge in [0.15, 0.2) is 0 Å². The van der Waals surface area contributed by atoms with Gasteiger partial charge in [-0.2, -0.15) is 0 Å². The molecule has 0 spiro atoms. The third-order valence-corrected chi connectivity index (χ3v) is 2.57. The van der Waals surface area contributed by atoms with Gasteiger partial charge in [-0.1, -0.05) is 11.6 Å². The molecule has 16 heavy (non-hydrogen) atoms. The Labute approximate surface area is 95.9 Å². The van der Waals surface area contributed by atoms with Crippen molar-refractivity contribution >= 4 is 11.6 Å². The molecule has 0 aliphatic heterocycles. The number of aromatic amines is 1. The van der Waals surface area contributed by atoms with E-state index in [1.807, 2.05) is 0 Å².